The molecular formula is C24H22N4O2. The van der Waals surface area contributed by atoms with Gasteiger partial charge in [0.05, 0.1) is 22.9 Å². The van der Waals surface area contributed by atoms with Crippen molar-refractivity contribution in [1.29, 1.82) is 0 Å². The van der Waals surface area contributed by atoms with E-state index in [2.05, 4.69) is 20.6 Å². The third kappa shape index (κ3) is 4.55. The number of amides is 1. The van der Waals surface area contributed by atoms with Crippen LogP contribution in [0.4, 0.5) is 17.2 Å². The van der Waals surface area contributed by atoms with Gasteiger partial charge in [0, 0.05) is 23.5 Å². The fourth-order valence-corrected chi connectivity index (χ4v) is 3.04. The van der Waals surface area contributed by atoms with Crippen molar-refractivity contribution in [3.8, 4) is 5.75 Å². The lowest BCUT2D eigenvalue weighted by molar-refractivity contribution is 0.102. The third-order valence-electron chi connectivity index (χ3n) is 4.41. The van der Waals surface area contributed by atoms with Crippen LogP contribution in [0.3, 0.4) is 0 Å². The van der Waals surface area contributed by atoms with Gasteiger partial charge in [-0.05, 0) is 62.4 Å². The highest BCUT2D eigenvalue weighted by molar-refractivity contribution is 6.08. The van der Waals surface area contributed by atoms with Crippen LogP contribution in [-0.4, -0.2) is 22.0 Å². The lowest BCUT2D eigenvalue weighted by atomic mass is 10.2. The SMILES string of the molecule is CC(C)Oc1ccc(Nc2ccc(C(=O)Nc3cccc4cccnc34)cn2)cc1. The molecule has 0 aliphatic rings. The highest BCUT2D eigenvalue weighted by Gasteiger charge is 2.10. The number of pyridine rings is 2. The number of rotatable bonds is 6. The van der Waals surface area contributed by atoms with Gasteiger partial charge in [-0.2, -0.15) is 0 Å². The Hall–Kier alpha value is -3.93. The van der Waals surface area contributed by atoms with Gasteiger partial charge in [0.2, 0.25) is 0 Å². The molecule has 150 valence electrons. The molecule has 2 aromatic heterocycles. The monoisotopic (exact) mass is 398 g/mol. The zero-order chi connectivity index (χ0) is 20.9. The van der Waals surface area contributed by atoms with Crippen LogP contribution >= 0.6 is 0 Å². The number of para-hydroxylation sites is 1. The molecule has 0 aliphatic carbocycles. The summed E-state index contributed by atoms with van der Waals surface area (Å²) in [4.78, 5) is 21.4. The van der Waals surface area contributed by atoms with E-state index in [0.29, 0.717) is 17.1 Å². The fourth-order valence-electron chi connectivity index (χ4n) is 3.04. The van der Waals surface area contributed by atoms with E-state index in [0.717, 1.165) is 22.3 Å². The van der Waals surface area contributed by atoms with Gasteiger partial charge in [0.15, 0.2) is 0 Å². The summed E-state index contributed by atoms with van der Waals surface area (Å²) in [7, 11) is 0. The molecule has 0 bridgehead atoms. The molecule has 2 N–H and O–H groups in total. The Kier molecular flexibility index (Phi) is 5.57. The van der Waals surface area contributed by atoms with Crippen LogP contribution in [0.1, 0.15) is 24.2 Å². The van der Waals surface area contributed by atoms with Gasteiger partial charge in [-0.25, -0.2) is 4.98 Å². The molecule has 6 nitrogen and oxygen atoms in total. The number of carbonyl (C=O) groups is 1. The average molecular weight is 398 g/mol. The molecule has 0 saturated carbocycles. The maximum atomic E-state index is 12.6. The molecular weight excluding hydrogens is 376 g/mol. The maximum Gasteiger partial charge on any atom is 0.257 e. The van der Waals surface area contributed by atoms with E-state index < -0.39 is 0 Å². The minimum absolute atomic E-state index is 0.133. The smallest absolute Gasteiger partial charge is 0.257 e. The molecule has 0 spiro atoms. The summed E-state index contributed by atoms with van der Waals surface area (Å²) in [6, 6.07) is 20.7. The van der Waals surface area contributed by atoms with Crippen molar-refractivity contribution < 1.29 is 9.53 Å². The van der Waals surface area contributed by atoms with E-state index in [1.165, 1.54) is 0 Å². The zero-order valence-corrected chi connectivity index (χ0v) is 16.8. The van der Waals surface area contributed by atoms with E-state index in [1.807, 2.05) is 68.4 Å². The number of benzene rings is 2. The number of ether oxygens (including phenoxy) is 1. The van der Waals surface area contributed by atoms with Crippen LogP contribution in [0.5, 0.6) is 5.75 Å². The Balaban J connectivity index is 1.43. The first-order chi connectivity index (χ1) is 14.6. The molecule has 0 atom stereocenters. The number of hydrogen-bond donors (Lipinski definition) is 2. The number of hydrogen-bond acceptors (Lipinski definition) is 5. The highest BCUT2D eigenvalue weighted by atomic mass is 16.5. The predicted octanol–water partition coefficient (Wildman–Crippen LogP) is 5.41. The molecule has 1 amide bonds. The van der Waals surface area contributed by atoms with Crippen molar-refractivity contribution in [2.45, 2.75) is 20.0 Å². The normalized spacial score (nSPS) is 10.8. The first kappa shape index (κ1) is 19.4. The van der Waals surface area contributed by atoms with Gasteiger partial charge < -0.3 is 15.4 Å². The molecule has 2 aromatic carbocycles. The Morgan fingerprint density at radius 3 is 2.47 bits per heavy atom. The van der Waals surface area contributed by atoms with Gasteiger partial charge in [0.1, 0.15) is 11.6 Å². The molecule has 0 unspecified atom stereocenters. The predicted molar refractivity (Wildman–Crippen MR) is 119 cm³/mol. The highest BCUT2D eigenvalue weighted by Crippen LogP contribution is 2.22. The number of anilines is 3. The van der Waals surface area contributed by atoms with Crippen LogP contribution in [0.25, 0.3) is 10.9 Å². The Bertz CT molecular complexity index is 1150. The van der Waals surface area contributed by atoms with Gasteiger partial charge in [-0.15, -0.1) is 0 Å². The summed E-state index contributed by atoms with van der Waals surface area (Å²) >= 11 is 0. The van der Waals surface area contributed by atoms with E-state index >= 15 is 0 Å². The maximum absolute atomic E-state index is 12.6. The van der Waals surface area contributed by atoms with Crippen molar-refractivity contribution in [2.24, 2.45) is 0 Å². The van der Waals surface area contributed by atoms with Crippen LogP contribution < -0.4 is 15.4 Å². The van der Waals surface area contributed by atoms with E-state index in [1.54, 1.807) is 24.5 Å². The summed E-state index contributed by atoms with van der Waals surface area (Å²) in [6.07, 6.45) is 3.39. The van der Waals surface area contributed by atoms with E-state index in [9.17, 15) is 4.79 Å². The summed E-state index contributed by atoms with van der Waals surface area (Å²) in [6.45, 7) is 3.98. The van der Waals surface area contributed by atoms with Crippen molar-refractivity contribution in [3.63, 3.8) is 0 Å². The number of aromatic nitrogens is 2. The van der Waals surface area contributed by atoms with Crippen LogP contribution in [0.2, 0.25) is 0 Å². The summed E-state index contributed by atoms with van der Waals surface area (Å²) in [5, 5.41) is 7.10. The summed E-state index contributed by atoms with van der Waals surface area (Å²) in [5.41, 5.74) is 2.78. The van der Waals surface area contributed by atoms with Crippen molar-refractivity contribution in [1.82, 2.24) is 9.97 Å². The molecule has 0 fully saturated rings. The van der Waals surface area contributed by atoms with Gasteiger partial charge in [-0.3, -0.25) is 9.78 Å². The third-order valence-corrected chi connectivity index (χ3v) is 4.41. The minimum Gasteiger partial charge on any atom is -0.491 e. The molecule has 6 heteroatoms. The molecule has 4 aromatic rings. The summed E-state index contributed by atoms with van der Waals surface area (Å²) < 4.78 is 5.64. The van der Waals surface area contributed by atoms with Gasteiger partial charge in [-0.1, -0.05) is 18.2 Å². The largest absolute Gasteiger partial charge is 0.491 e. The lowest BCUT2D eigenvalue weighted by Gasteiger charge is -2.11. The van der Waals surface area contributed by atoms with Crippen LogP contribution in [0, 0.1) is 0 Å². The Morgan fingerprint density at radius 2 is 1.73 bits per heavy atom. The van der Waals surface area contributed by atoms with E-state index in [4.69, 9.17) is 4.74 Å². The first-order valence-corrected chi connectivity index (χ1v) is 9.73. The van der Waals surface area contributed by atoms with Crippen LogP contribution in [0.15, 0.2) is 79.1 Å². The minimum atomic E-state index is -0.234. The molecule has 0 radical (unpaired) electrons. The lowest BCUT2D eigenvalue weighted by Crippen LogP contribution is -2.12. The van der Waals surface area contributed by atoms with Crippen molar-refractivity contribution >= 4 is 34.0 Å². The number of nitrogens with one attached hydrogen (secondary N) is 2. The van der Waals surface area contributed by atoms with Gasteiger partial charge in [0.25, 0.3) is 5.91 Å². The average Bonchev–Trinajstić information content (AvgIpc) is 2.75. The second-order valence-corrected chi connectivity index (χ2v) is 7.08. The van der Waals surface area contributed by atoms with Gasteiger partial charge >= 0.3 is 0 Å². The Labute approximate surface area is 175 Å². The number of nitrogens with zero attached hydrogens (tertiary/aromatic N) is 2. The fraction of sp³-hybridized carbons (Fsp3) is 0.125. The number of fused-ring (bicyclic) bond motifs is 1. The first-order valence-electron chi connectivity index (χ1n) is 9.73. The second kappa shape index (κ2) is 8.61. The summed E-state index contributed by atoms with van der Waals surface area (Å²) in [5.74, 6) is 1.23. The number of carbonyl (C=O) groups excluding carboxylic acids is 1. The quantitative estimate of drug-likeness (QED) is 0.454. The molecule has 30 heavy (non-hydrogen) atoms. The van der Waals surface area contributed by atoms with Crippen molar-refractivity contribution in [2.75, 3.05) is 10.6 Å². The second-order valence-electron chi connectivity index (χ2n) is 7.08. The molecule has 0 saturated heterocycles. The molecule has 2 heterocycles. The molecule has 0 aliphatic heterocycles. The molecule has 4 rings (SSSR count). The topological polar surface area (TPSA) is 76.1 Å². The van der Waals surface area contributed by atoms with E-state index in [-0.39, 0.29) is 12.0 Å². The van der Waals surface area contributed by atoms with Crippen LogP contribution in [-0.2, 0) is 0 Å². The zero-order valence-electron chi connectivity index (χ0n) is 16.8. The van der Waals surface area contributed by atoms with Crippen molar-refractivity contribution in [3.05, 3.63) is 84.7 Å². The standard InChI is InChI=1S/C24H22N4O2/c1-16(2)30-20-11-9-19(10-12-20)27-22-13-8-18(15-26-22)24(29)28-21-7-3-5-17-6-4-14-25-23(17)21/h3-16H,1-2H3,(H,26,27)(H,28,29). The Morgan fingerprint density at radius 1 is 0.933 bits per heavy atom.